The van der Waals surface area contributed by atoms with E-state index in [2.05, 4.69) is 5.32 Å². The standard InChI is InChI=1S/C21H18N2O6/c1-12(24)15-8-17-18(29-11-28-17)9-16(15)22-21(27)14-4-2-13(3-5-14)10-23-19(25)6-7-20(23)26/h2-5,8-9H,6-7,10-11H2,1H3,(H,22,27). The van der Waals surface area contributed by atoms with Crippen molar-refractivity contribution in [1.29, 1.82) is 0 Å². The van der Waals surface area contributed by atoms with E-state index < -0.39 is 5.91 Å². The van der Waals surface area contributed by atoms with Crippen LogP contribution in [0.3, 0.4) is 0 Å². The van der Waals surface area contributed by atoms with Gasteiger partial charge >= 0.3 is 0 Å². The maximum atomic E-state index is 12.6. The molecule has 8 nitrogen and oxygen atoms in total. The van der Waals surface area contributed by atoms with E-state index in [0.29, 0.717) is 28.3 Å². The number of rotatable bonds is 5. The third-order valence-electron chi connectivity index (χ3n) is 4.85. The molecule has 29 heavy (non-hydrogen) atoms. The van der Waals surface area contributed by atoms with Gasteiger partial charge in [-0.1, -0.05) is 12.1 Å². The van der Waals surface area contributed by atoms with Crippen LogP contribution in [0.5, 0.6) is 11.5 Å². The smallest absolute Gasteiger partial charge is 0.255 e. The number of benzene rings is 2. The molecule has 1 N–H and O–H groups in total. The number of ketones is 1. The summed E-state index contributed by atoms with van der Waals surface area (Å²) in [5, 5.41) is 2.73. The first-order valence-electron chi connectivity index (χ1n) is 9.10. The number of hydrogen-bond acceptors (Lipinski definition) is 6. The summed E-state index contributed by atoms with van der Waals surface area (Å²) in [7, 11) is 0. The number of Topliss-reactive ketones (excluding diaryl/α,β-unsaturated/α-hetero) is 1. The summed E-state index contributed by atoms with van der Waals surface area (Å²) >= 11 is 0. The maximum Gasteiger partial charge on any atom is 0.255 e. The largest absolute Gasteiger partial charge is 0.454 e. The topological polar surface area (TPSA) is 102 Å². The molecule has 2 heterocycles. The Hall–Kier alpha value is -3.68. The summed E-state index contributed by atoms with van der Waals surface area (Å²) in [4.78, 5) is 49.3. The average Bonchev–Trinajstić information content (AvgIpc) is 3.28. The van der Waals surface area contributed by atoms with Gasteiger partial charge in [0, 0.05) is 30.0 Å². The first-order valence-corrected chi connectivity index (χ1v) is 9.10. The zero-order chi connectivity index (χ0) is 20.5. The number of nitrogens with zero attached hydrogens (tertiary/aromatic N) is 1. The highest BCUT2D eigenvalue weighted by Crippen LogP contribution is 2.37. The number of amides is 3. The minimum Gasteiger partial charge on any atom is -0.454 e. The zero-order valence-electron chi connectivity index (χ0n) is 15.7. The number of ether oxygens (including phenoxy) is 2. The van der Waals surface area contributed by atoms with Crippen molar-refractivity contribution in [3.8, 4) is 11.5 Å². The van der Waals surface area contributed by atoms with E-state index in [0.717, 1.165) is 5.56 Å². The first kappa shape index (κ1) is 18.7. The lowest BCUT2D eigenvalue weighted by Crippen LogP contribution is -2.28. The summed E-state index contributed by atoms with van der Waals surface area (Å²) in [6.45, 7) is 1.66. The fraction of sp³-hybridized carbons (Fsp3) is 0.238. The lowest BCUT2D eigenvalue weighted by atomic mass is 10.1. The predicted octanol–water partition coefficient (Wildman–Crippen LogP) is 2.52. The van der Waals surface area contributed by atoms with Crippen molar-refractivity contribution in [1.82, 2.24) is 4.90 Å². The van der Waals surface area contributed by atoms with E-state index >= 15 is 0 Å². The van der Waals surface area contributed by atoms with Gasteiger partial charge in [-0.25, -0.2) is 0 Å². The number of hydrogen-bond donors (Lipinski definition) is 1. The van der Waals surface area contributed by atoms with Crippen LogP contribution in [0.4, 0.5) is 5.69 Å². The Morgan fingerprint density at radius 1 is 1.00 bits per heavy atom. The average molecular weight is 394 g/mol. The van der Waals surface area contributed by atoms with E-state index in [1.54, 1.807) is 36.4 Å². The Morgan fingerprint density at radius 3 is 2.24 bits per heavy atom. The lowest BCUT2D eigenvalue weighted by molar-refractivity contribution is -0.139. The summed E-state index contributed by atoms with van der Waals surface area (Å²) in [6.07, 6.45) is 0.487. The highest BCUT2D eigenvalue weighted by atomic mass is 16.7. The Kier molecular flexibility index (Phi) is 4.75. The van der Waals surface area contributed by atoms with Crippen LogP contribution in [0.2, 0.25) is 0 Å². The van der Waals surface area contributed by atoms with E-state index in [-0.39, 0.29) is 43.8 Å². The quantitative estimate of drug-likeness (QED) is 0.618. The van der Waals surface area contributed by atoms with Gasteiger partial charge in [-0.3, -0.25) is 24.1 Å². The van der Waals surface area contributed by atoms with Gasteiger partial charge in [0.25, 0.3) is 5.91 Å². The molecule has 0 atom stereocenters. The van der Waals surface area contributed by atoms with Crippen LogP contribution in [0, 0.1) is 0 Å². The molecule has 3 amide bonds. The molecule has 0 spiro atoms. The molecule has 0 unspecified atom stereocenters. The van der Waals surface area contributed by atoms with Gasteiger partial charge in [0.15, 0.2) is 17.3 Å². The minimum atomic E-state index is -0.397. The Morgan fingerprint density at radius 2 is 1.62 bits per heavy atom. The van der Waals surface area contributed by atoms with E-state index in [1.807, 2.05) is 0 Å². The fourth-order valence-corrected chi connectivity index (χ4v) is 3.27. The molecule has 0 bridgehead atoms. The van der Waals surface area contributed by atoms with Gasteiger partial charge in [-0.2, -0.15) is 0 Å². The molecule has 2 aromatic rings. The minimum absolute atomic E-state index is 0.0631. The fourth-order valence-electron chi connectivity index (χ4n) is 3.27. The molecule has 1 saturated heterocycles. The van der Waals surface area contributed by atoms with Crippen molar-refractivity contribution < 1.29 is 28.7 Å². The van der Waals surface area contributed by atoms with Gasteiger partial charge in [0.1, 0.15) is 0 Å². The molecular weight excluding hydrogens is 376 g/mol. The summed E-state index contributed by atoms with van der Waals surface area (Å²) in [6, 6.07) is 9.72. The number of likely N-dealkylation sites (tertiary alicyclic amines) is 1. The number of anilines is 1. The predicted molar refractivity (Wildman–Crippen MR) is 102 cm³/mol. The maximum absolute atomic E-state index is 12.6. The molecular formula is C21H18N2O6. The number of imide groups is 1. The molecule has 2 aliphatic rings. The highest BCUT2D eigenvalue weighted by molar-refractivity contribution is 6.09. The van der Waals surface area contributed by atoms with Crippen molar-refractivity contribution in [3.63, 3.8) is 0 Å². The number of carbonyl (C=O) groups excluding carboxylic acids is 4. The van der Waals surface area contributed by atoms with Crippen LogP contribution in [0.15, 0.2) is 36.4 Å². The molecule has 1 fully saturated rings. The van der Waals surface area contributed by atoms with Crippen LogP contribution in [0.25, 0.3) is 0 Å². The van der Waals surface area contributed by atoms with Crippen molar-refractivity contribution in [2.75, 3.05) is 12.1 Å². The lowest BCUT2D eigenvalue weighted by Gasteiger charge is -2.14. The van der Waals surface area contributed by atoms with Crippen LogP contribution >= 0.6 is 0 Å². The second kappa shape index (κ2) is 7.38. The molecule has 8 heteroatoms. The molecule has 0 aromatic heterocycles. The summed E-state index contributed by atoms with van der Waals surface area (Å²) < 4.78 is 10.6. The third kappa shape index (κ3) is 3.69. The summed E-state index contributed by atoms with van der Waals surface area (Å²) in [5.74, 6) is -0.0583. The van der Waals surface area contributed by atoms with E-state index in [9.17, 15) is 19.2 Å². The SMILES string of the molecule is CC(=O)c1cc2c(cc1NC(=O)c1ccc(CN3C(=O)CCC3=O)cc1)OCO2. The Bertz CT molecular complexity index is 1010. The van der Waals surface area contributed by atoms with Crippen molar-refractivity contribution in [2.45, 2.75) is 26.3 Å². The second-order valence-corrected chi connectivity index (χ2v) is 6.83. The Balaban J connectivity index is 1.50. The Labute approximate surface area is 166 Å². The number of fused-ring (bicyclic) bond motifs is 1. The van der Waals surface area contributed by atoms with Gasteiger partial charge in [-0.05, 0) is 30.7 Å². The van der Waals surface area contributed by atoms with Crippen LogP contribution in [0.1, 0.15) is 46.0 Å². The monoisotopic (exact) mass is 394 g/mol. The van der Waals surface area contributed by atoms with Crippen LogP contribution in [-0.2, 0) is 16.1 Å². The molecule has 2 aliphatic heterocycles. The van der Waals surface area contributed by atoms with Gasteiger partial charge in [0.05, 0.1) is 12.2 Å². The molecule has 0 radical (unpaired) electrons. The van der Waals surface area contributed by atoms with E-state index in [1.165, 1.54) is 11.8 Å². The van der Waals surface area contributed by atoms with Gasteiger partial charge in [0.2, 0.25) is 18.6 Å². The van der Waals surface area contributed by atoms with E-state index in [4.69, 9.17) is 9.47 Å². The van der Waals surface area contributed by atoms with Gasteiger partial charge < -0.3 is 14.8 Å². The third-order valence-corrected chi connectivity index (χ3v) is 4.85. The molecule has 0 saturated carbocycles. The number of carbonyl (C=O) groups is 4. The first-order chi connectivity index (χ1) is 13.9. The highest BCUT2D eigenvalue weighted by Gasteiger charge is 2.28. The molecule has 148 valence electrons. The second-order valence-electron chi connectivity index (χ2n) is 6.83. The molecule has 2 aromatic carbocycles. The molecule has 4 rings (SSSR count). The van der Waals surface area contributed by atoms with Gasteiger partial charge in [-0.15, -0.1) is 0 Å². The van der Waals surface area contributed by atoms with Crippen LogP contribution in [-0.4, -0.2) is 35.2 Å². The summed E-state index contributed by atoms with van der Waals surface area (Å²) in [5.41, 5.74) is 1.78. The normalized spacial score (nSPS) is 15.0. The van der Waals surface area contributed by atoms with Crippen molar-refractivity contribution in [2.24, 2.45) is 0 Å². The van der Waals surface area contributed by atoms with Crippen molar-refractivity contribution >= 4 is 29.2 Å². The van der Waals surface area contributed by atoms with Crippen molar-refractivity contribution in [3.05, 3.63) is 53.1 Å². The van der Waals surface area contributed by atoms with Crippen LogP contribution < -0.4 is 14.8 Å². The molecule has 0 aliphatic carbocycles. The number of nitrogens with one attached hydrogen (secondary N) is 1. The zero-order valence-corrected chi connectivity index (χ0v) is 15.7.